The number of aromatic nitrogens is 2. The van der Waals surface area contributed by atoms with Crippen molar-refractivity contribution in [2.24, 2.45) is 0 Å². The van der Waals surface area contributed by atoms with Crippen LogP contribution in [0.3, 0.4) is 0 Å². The van der Waals surface area contributed by atoms with Crippen molar-refractivity contribution in [1.29, 1.82) is 0 Å². The molecule has 10 heteroatoms. The van der Waals surface area contributed by atoms with Gasteiger partial charge in [0.15, 0.2) is 0 Å². The highest BCUT2D eigenvalue weighted by Crippen LogP contribution is 2.23. The molecular formula is C30H34N4O4S2. The molecule has 2 aromatic carbocycles. The topological polar surface area (TPSA) is 84.7 Å². The summed E-state index contributed by atoms with van der Waals surface area (Å²) in [5.74, 6) is -0.209. The fourth-order valence-corrected chi connectivity index (χ4v) is 7.12. The SMILES string of the molecule is Cc1ccccc1CS(=O)(=O)c1ncc(CN(CCN2CCOCC2)C(=O)c2cccs2)n1Cc1ccccc1. The number of carbonyl (C=O) groups is 1. The summed E-state index contributed by atoms with van der Waals surface area (Å²) in [5, 5.41) is 1.91. The second kappa shape index (κ2) is 12.9. The van der Waals surface area contributed by atoms with Crippen molar-refractivity contribution in [3.63, 3.8) is 0 Å². The van der Waals surface area contributed by atoms with Crippen molar-refractivity contribution in [3.05, 3.63) is 106 Å². The molecule has 0 atom stereocenters. The number of carbonyl (C=O) groups excluding carboxylic acids is 1. The summed E-state index contributed by atoms with van der Waals surface area (Å²) >= 11 is 1.41. The number of hydrogen-bond acceptors (Lipinski definition) is 7. The molecule has 4 aromatic rings. The van der Waals surface area contributed by atoms with Crippen LogP contribution in [0.4, 0.5) is 0 Å². The van der Waals surface area contributed by atoms with Gasteiger partial charge in [-0.3, -0.25) is 9.69 Å². The van der Waals surface area contributed by atoms with E-state index in [0.717, 1.165) is 29.8 Å². The Bertz CT molecular complexity index is 1510. The lowest BCUT2D eigenvalue weighted by Crippen LogP contribution is -2.43. The van der Waals surface area contributed by atoms with E-state index in [2.05, 4.69) is 9.88 Å². The number of thiophene rings is 1. The van der Waals surface area contributed by atoms with E-state index >= 15 is 0 Å². The minimum absolute atomic E-state index is 0.0197. The van der Waals surface area contributed by atoms with Gasteiger partial charge in [0.2, 0.25) is 15.0 Å². The molecule has 1 amide bonds. The lowest BCUT2D eigenvalue weighted by molar-refractivity contribution is 0.0319. The number of sulfone groups is 1. The van der Waals surface area contributed by atoms with Gasteiger partial charge in [-0.15, -0.1) is 11.3 Å². The third kappa shape index (κ3) is 6.87. The normalized spacial score (nSPS) is 14.3. The van der Waals surface area contributed by atoms with Crippen LogP contribution in [0.5, 0.6) is 0 Å². The van der Waals surface area contributed by atoms with Crippen LogP contribution in [0.1, 0.15) is 32.1 Å². The standard InChI is InChI=1S/C30H34N4O4S2/c1-24-8-5-6-11-26(24)23-40(36,37)30-31-20-27(34(30)21-25-9-3-2-4-10-25)22-33(29(35)28-12-7-19-39-28)14-13-32-15-17-38-18-16-32/h2-12,19-20H,13-18,21-23H2,1H3. The lowest BCUT2D eigenvalue weighted by atomic mass is 10.1. The van der Waals surface area contributed by atoms with Gasteiger partial charge in [0.1, 0.15) is 0 Å². The fourth-order valence-electron chi connectivity index (χ4n) is 4.83. The molecular weight excluding hydrogens is 544 g/mol. The van der Waals surface area contributed by atoms with Gasteiger partial charge < -0.3 is 14.2 Å². The number of nitrogens with zero attached hydrogens (tertiary/aromatic N) is 4. The van der Waals surface area contributed by atoms with Crippen molar-refractivity contribution < 1.29 is 17.9 Å². The minimum Gasteiger partial charge on any atom is -0.379 e. The molecule has 3 heterocycles. The van der Waals surface area contributed by atoms with Gasteiger partial charge in [-0.2, -0.15) is 0 Å². The van der Waals surface area contributed by atoms with Gasteiger partial charge in [-0.05, 0) is 35.1 Å². The van der Waals surface area contributed by atoms with E-state index in [0.29, 0.717) is 43.4 Å². The smallest absolute Gasteiger partial charge is 0.264 e. The highest BCUT2D eigenvalue weighted by atomic mass is 32.2. The van der Waals surface area contributed by atoms with Gasteiger partial charge in [0, 0.05) is 26.2 Å². The van der Waals surface area contributed by atoms with Crippen LogP contribution in [0.25, 0.3) is 0 Å². The molecule has 40 heavy (non-hydrogen) atoms. The Morgan fingerprint density at radius 2 is 1.77 bits per heavy atom. The molecule has 1 aliphatic rings. The average molecular weight is 579 g/mol. The van der Waals surface area contributed by atoms with Gasteiger partial charge >= 0.3 is 0 Å². The number of aryl methyl sites for hydroxylation is 1. The molecule has 210 valence electrons. The van der Waals surface area contributed by atoms with Crippen LogP contribution >= 0.6 is 11.3 Å². The fraction of sp³-hybridized carbons (Fsp3) is 0.333. The maximum Gasteiger partial charge on any atom is 0.264 e. The lowest BCUT2D eigenvalue weighted by Gasteiger charge is -2.30. The van der Waals surface area contributed by atoms with E-state index in [4.69, 9.17) is 4.74 Å². The Morgan fingerprint density at radius 1 is 1.02 bits per heavy atom. The molecule has 0 radical (unpaired) electrons. The first-order valence-electron chi connectivity index (χ1n) is 13.4. The number of morpholine rings is 1. The van der Waals surface area contributed by atoms with Crippen LogP contribution in [0, 0.1) is 6.92 Å². The third-order valence-electron chi connectivity index (χ3n) is 7.13. The summed E-state index contributed by atoms with van der Waals surface area (Å²) in [7, 11) is -3.77. The Labute approximate surface area is 239 Å². The zero-order valence-corrected chi connectivity index (χ0v) is 24.2. The Hall–Kier alpha value is -3.31. The van der Waals surface area contributed by atoms with Gasteiger partial charge in [-0.25, -0.2) is 13.4 Å². The van der Waals surface area contributed by atoms with E-state index in [1.165, 1.54) is 11.3 Å². The molecule has 1 fully saturated rings. The van der Waals surface area contributed by atoms with Crippen molar-refractivity contribution in [2.45, 2.75) is 30.9 Å². The molecule has 2 aromatic heterocycles. The molecule has 5 rings (SSSR count). The summed E-state index contributed by atoms with van der Waals surface area (Å²) in [5.41, 5.74) is 3.30. The van der Waals surface area contributed by atoms with Crippen LogP contribution in [0.2, 0.25) is 0 Å². The van der Waals surface area contributed by atoms with E-state index in [1.807, 2.05) is 79.0 Å². The van der Waals surface area contributed by atoms with E-state index < -0.39 is 9.84 Å². The molecule has 1 saturated heterocycles. The van der Waals surface area contributed by atoms with Crippen LogP contribution in [0.15, 0.2) is 83.5 Å². The predicted octanol–water partition coefficient (Wildman–Crippen LogP) is 4.25. The second-order valence-corrected chi connectivity index (χ2v) is 12.8. The Kier molecular flexibility index (Phi) is 9.11. The molecule has 1 aliphatic heterocycles. The van der Waals surface area contributed by atoms with Crippen LogP contribution in [-0.2, 0) is 33.4 Å². The van der Waals surface area contributed by atoms with Crippen molar-refractivity contribution in [2.75, 3.05) is 39.4 Å². The number of rotatable bonds is 11. The maximum absolute atomic E-state index is 13.7. The van der Waals surface area contributed by atoms with Crippen molar-refractivity contribution in [1.82, 2.24) is 19.4 Å². The van der Waals surface area contributed by atoms with Gasteiger partial charge in [0.05, 0.1) is 48.8 Å². The monoisotopic (exact) mass is 578 g/mol. The zero-order valence-electron chi connectivity index (χ0n) is 22.6. The Balaban J connectivity index is 1.47. The average Bonchev–Trinajstić information content (AvgIpc) is 3.64. The quantitative estimate of drug-likeness (QED) is 0.265. The summed E-state index contributed by atoms with van der Waals surface area (Å²) in [6.07, 6.45) is 1.61. The molecule has 0 unspecified atom stereocenters. The number of imidazole rings is 1. The first-order chi connectivity index (χ1) is 19.4. The molecule has 0 spiro atoms. The minimum atomic E-state index is -3.77. The third-order valence-corrected chi connectivity index (χ3v) is 9.56. The van der Waals surface area contributed by atoms with Gasteiger partial charge in [0.25, 0.3) is 5.91 Å². The van der Waals surface area contributed by atoms with E-state index in [9.17, 15) is 13.2 Å². The van der Waals surface area contributed by atoms with E-state index in [-0.39, 0.29) is 23.4 Å². The molecule has 0 aliphatic carbocycles. The van der Waals surface area contributed by atoms with E-state index in [1.54, 1.807) is 15.7 Å². The van der Waals surface area contributed by atoms with Crippen molar-refractivity contribution in [3.8, 4) is 0 Å². The largest absolute Gasteiger partial charge is 0.379 e. The molecule has 0 N–H and O–H groups in total. The number of benzene rings is 2. The number of ether oxygens (including phenoxy) is 1. The first-order valence-corrected chi connectivity index (χ1v) is 15.9. The molecule has 0 saturated carbocycles. The molecule has 8 nitrogen and oxygen atoms in total. The summed E-state index contributed by atoms with van der Waals surface area (Å²) < 4.78 is 34.7. The predicted molar refractivity (Wildman–Crippen MR) is 156 cm³/mol. The number of amides is 1. The summed E-state index contributed by atoms with van der Waals surface area (Å²) in [6, 6.07) is 20.9. The van der Waals surface area contributed by atoms with Crippen LogP contribution in [-0.4, -0.2) is 73.1 Å². The maximum atomic E-state index is 13.7. The highest BCUT2D eigenvalue weighted by Gasteiger charge is 2.27. The van der Waals surface area contributed by atoms with Gasteiger partial charge in [-0.1, -0.05) is 60.7 Å². The highest BCUT2D eigenvalue weighted by molar-refractivity contribution is 7.90. The summed E-state index contributed by atoms with van der Waals surface area (Å²) in [4.78, 5) is 22.8. The Morgan fingerprint density at radius 3 is 2.50 bits per heavy atom. The number of hydrogen-bond donors (Lipinski definition) is 0. The van der Waals surface area contributed by atoms with Crippen LogP contribution < -0.4 is 0 Å². The first kappa shape index (κ1) is 28.2. The zero-order chi connectivity index (χ0) is 28.0. The second-order valence-electron chi connectivity index (χ2n) is 9.95. The van der Waals surface area contributed by atoms with Crippen molar-refractivity contribution >= 4 is 27.1 Å². The molecule has 0 bridgehead atoms. The summed E-state index contributed by atoms with van der Waals surface area (Å²) in [6.45, 7) is 6.75.